The van der Waals surface area contributed by atoms with Crippen LogP contribution in [0.15, 0.2) is 24.3 Å². The molecule has 2 rings (SSSR count). The van der Waals surface area contributed by atoms with Crippen molar-refractivity contribution < 1.29 is 9.53 Å². The normalized spacial score (nSPS) is 15.1. The van der Waals surface area contributed by atoms with Crippen LogP contribution in [0.25, 0.3) is 0 Å². The summed E-state index contributed by atoms with van der Waals surface area (Å²) in [5, 5.41) is 9.47. The van der Waals surface area contributed by atoms with Crippen LogP contribution in [0, 0.1) is 0 Å². The Labute approximate surface area is 136 Å². The summed E-state index contributed by atoms with van der Waals surface area (Å²) in [5.74, 6) is -0.0993. The second-order valence-electron chi connectivity index (χ2n) is 4.99. The second-order valence-corrected chi connectivity index (χ2v) is 5.40. The molecule has 1 aromatic carbocycles. The van der Waals surface area contributed by atoms with E-state index >= 15 is 0 Å². The van der Waals surface area contributed by atoms with Gasteiger partial charge in [0, 0.05) is 44.5 Å². The number of benzene rings is 1. The van der Waals surface area contributed by atoms with Crippen LogP contribution in [0.5, 0.6) is 0 Å². The summed E-state index contributed by atoms with van der Waals surface area (Å²) >= 11 is 5.27. The number of nitrogens with zero attached hydrogens (tertiary/aromatic N) is 1. The zero-order chi connectivity index (χ0) is 15.8. The van der Waals surface area contributed by atoms with Gasteiger partial charge < -0.3 is 20.7 Å². The summed E-state index contributed by atoms with van der Waals surface area (Å²) in [6, 6.07) is 7.19. The Bertz CT molecular complexity index is 501. The van der Waals surface area contributed by atoms with E-state index in [1.807, 2.05) is 12.1 Å². The molecular weight excluding hydrogens is 300 g/mol. The van der Waals surface area contributed by atoms with Crippen molar-refractivity contribution in [2.75, 3.05) is 51.8 Å². The first kappa shape index (κ1) is 16.7. The third kappa shape index (κ3) is 5.25. The largest absolute Gasteiger partial charge is 0.379 e. The summed E-state index contributed by atoms with van der Waals surface area (Å²) in [6.07, 6.45) is 0. The number of morpholine rings is 1. The van der Waals surface area contributed by atoms with E-state index in [2.05, 4.69) is 20.9 Å². The highest BCUT2D eigenvalue weighted by molar-refractivity contribution is 7.80. The minimum Gasteiger partial charge on any atom is -0.379 e. The zero-order valence-corrected chi connectivity index (χ0v) is 13.5. The molecule has 7 heteroatoms. The molecule has 1 aliphatic rings. The van der Waals surface area contributed by atoms with Crippen molar-refractivity contribution in [2.45, 2.75) is 0 Å². The Morgan fingerprint density at radius 3 is 2.59 bits per heavy atom. The molecule has 0 unspecified atom stereocenters. The van der Waals surface area contributed by atoms with E-state index in [-0.39, 0.29) is 5.91 Å². The minimum absolute atomic E-state index is 0.0993. The van der Waals surface area contributed by atoms with Gasteiger partial charge in [0.1, 0.15) is 0 Å². The molecule has 1 amide bonds. The standard InChI is InChI=1S/C15H22N4O2S/c1-16-14(20)12-2-4-13(5-3-12)18-15(22)17-6-7-19-8-10-21-11-9-19/h2-5H,6-11H2,1H3,(H,16,20)(H2,17,18,22). The number of hydrogen-bond donors (Lipinski definition) is 3. The molecule has 1 aliphatic heterocycles. The highest BCUT2D eigenvalue weighted by atomic mass is 32.1. The Morgan fingerprint density at radius 1 is 1.27 bits per heavy atom. The monoisotopic (exact) mass is 322 g/mol. The fraction of sp³-hybridized carbons (Fsp3) is 0.467. The highest BCUT2D eigenvalue weighted by Crippen LogP contribution is 2.09. The van der Waals surface area contributed by atoms with Gasteiger partial charge in [0.05, 0.1) is 13.2 Å². The molecule has 0 atom stereocenters. The first-order valence-electron chi connectivity index (χ1n) is 7.36. The van der Waals surface area contributed by atoms with Crippen LogP contribution in [-0.2, 0) is 4.74 Å². The van der Waals surface area contributed by atoms with E-state index in [0.717, 1.165) is 45.1 Å². The van der Waals surface area contributed by atoms with Crippen LogP contribution in [0.2, 0.25) is 0 Å². The van der Waals surface area contributed by atoms with Crippen molar-refractivity contribution in [3.63, 3.8) is 0 Å². The van der Waals surface area contributed by atoms with Gasteiger partial charge in [-0.2, -0.15) is 0 Å². The van der Waals surface area contributed by atoms with Crippen LogP contribution >= 0.6 is 12.2 Å². The van der Waals surface area contributed by atoms with Gasteiger partial charge >= 0.3 is 0 Å². The summed E-state index contributed by atoms with van der Waals surface area (Å²) in [7, 11) is 1.61. The van der Waals surface area contributed by atoms with Gasteiger partial charge in [0.25, 0.3) is 5.91 Å². The van der Waals surface area contributed by atoms with Gasteiger partial charge in [-0.15, -0.1) is 0 Å². The van der Waals surface area contributed by atoms with Gasteiger partial charge in [-0.25, -0.2) is 0 Å². The van der Waals surface area contributed by atoms with E-state index < -0.39 is 0 Å². The maximum Gasteiger partial charge on any atom is 0.251 e. The molecule has 3 N–H and O–H groups in total. The lowest BCUT2D eigenvalue weighted by molar-refractivity contribution is 0.0389. The molecule has 1 aromatic rings. The van der Waals surface area contributed by atoms with Gasteiger partial charge in [0.15, 0.2) is 5.11 Å². The third-order valence-corrected chi connectivity index (χ3v) is 3.70. The van der Waals surface area contributed by atoms with Crippen molar-refractivity contribution in [3.05, 3.63) is 29.8 Å². The van der Waals surface area contributed by atoms with Crippen molar-refractivity contribution in [3.8, 4) is 0 Å². The number of amides is 1. The molecule has 1 heterocycles. The minimum atomic E-state index is -0.0993. The smallest absolute Gasteiger partial charge is 0.251 e. The van der Waals surface area contributed by atoms with Crippen molar-refractivity contribution >= 4 is 28.9 Å². The number of thiocarbonyl (C=S) groups is 1. The lowest BCUT2D eigenvalue weighted by Crippen LogP contribution is -2.42. The molecule has 0 spiro atoms. The van der Waals surface area contributed by atoms with Gasteiger partial charge in [-0.05, 0) is 36.5 Å². The molecule has 0 aliphatic carbocycles. The maximum atomic E-state index is 11.5. The van der Waals surface area contributed by atoms with Crippen molar-refractivity contribution in [1.29, 1.82) is 0 Å². The molecule has 0 radical (unpaired) electrons. The zero-order valence-electron chi connectivity index (χ0n) is 12.7. The average Bonchev–Trinajstić information content (AvgIpc) is 2.56. The number of nitrogens with one attached hydrogen (secondary N) is 3. The molecule has 1 saturated heterocycles. The Hall–Kier alpha value is -1.70. The highest BCUT2D eigenvalue weighted by Gasteiger charge is 2.09. The molecular formula is C15H22N4O2S. The number of rotatable bonds is 5. The molecule has 0 saturated carbocycles. The lowest BCUT2D eigenvalue weighted by Gasteiger charge is -2.26. The Kier molecular flexibility index (Phi) is 6.57. The Balaban J connectivity index is 1.71. The van der Waals surface area contributed by atoms with Crippen LogP contribution in [-0.4, -0.2) is 62.4 Å². The van der Waals surface area contributed by atoms with Crippen LogP contribution in [0.4, 0.5) is 5.69 Å². The van der Waals surface area contributed by atoms with E-state index in [0.29, 0.717) is 10.7 Å². The SMILES string of the molecule is CNC(=O)c1ccc(NC(=S)NCCN2CCOCC2)cc1. The van der Waals surface area contributed by atoms with E-state index in [1.54, 1.807) is 19.2 Å². The summed E-state index contributed by atoms with van der Waals surface area (Å²) < 4.78 is 5.31. The fourth-order valence-electron chi connectivity index (χ4n) is 2.18. The first-order chi connectivity index (χ1) is 10.7. The third-order valence-electron chi connectivity index (χ3n) is 3.45. The number of ether oxygens (including phenoxy) is 1. The molecule has 1 fully saturated rings. The van der Waals surface area contributed by atoms with Gasteiger partial charge in [-0.3, -0.25) is 9.69 Å². The van der Waals surface area contributed by atoms with Gasteiger partial charge in [-0.1, -0.05) is 0 Å². The topological polar surface area (TPSA) is 65.6 Å². The number of carbonyl (C=O) groups is 1. The maximum absolute atomic E-state index is 11.5. The van der Waals surface area contributed by atoms with Crippen molar-refractivity contribution in [1.82, 2.24) is 15.5 Å². The Morgan fingerprint density at radius 2 is 1.95 bits per heavy atom. The van der Waals surface area contributed by atoms with Crippen molar-refractivity contribution in [2.24, 2.45) is 0 Å². The van der Waals surface area contributed by atoms with Crippen LogP contribution in [0.1, 0.15) is 10.4 Å². The predicted octanol–water partition coefficient (Wildman–Crippen LogP) is 0.665. The molecule has 0 aromatic heterocycles. The first-order valence-corrected chi connectivity index (χ1v) is 7.77. The quantitative estimate of drug-likeness (QED) is 0.693. The number of carbonyl (C=O) groups excluding carboxylic acids is 1. The summed E-state index contributed by atoms with van der Waals surface area (Å²) in [5.41, 5.74) is 1.48. The average molecular weight is 322 g/mol. The van der Waals surface area contributed by atoms with Crippen LogP contribution in [0.3, 0.4) is 0 Å². The predicted molar refractivity (Wildman–Crippen MR) is 91.3 cm³/mol. The molecule has 22 heavy (non-hydrogen) atoms. The molecule has 0 bridgehead atoms. The molecule has 120 valence electrons. The second kappa shape index (κ2) is 8.67. The van der Waals surface area contributed by atoms with Crippen LogP contribution < -0.4 is 16.0 Å². The van der Waals surface area contributed by atoms with E-state index in [1.165, 1.54) is 0 Å². The fourth-order valence-corrected chi connectivity index (χ4v) is 2.40. The number of anilines is 1. The van der Waals surface area contributed by atoms with E-state index in [9.17, 15) is 4.79 Å². The lowest BCUT2D eigenvalue weighted by atomic mass is 10.2. The summed E-state index contributed by atoms with van der Waals surface area (Å²) in [4.78, 5) is 13.8. The molecule has 6 nitrogen and oxygen atoms in total. The van der Waals surface area contributed by atoms with Gasteiger partial charge in [0.2, 0.25) is 0 Å². The summed E-state index contributed by atoms with van der Waals surface area (Å²) in [6.45, 7) is 5.30. The number of hydrogen-bond acceptors (Lipinski definition) is 4. The van der Waals surface area contributed by atoms with E-state index in [4.69, 9.17) is 17.0 Å².